The molecule has 1 unspecified atom stereocenters. The first-order valence-electron chi connectivity index (χ1n) is 7.93. The van der Waals surface area contributed by atoms with Crippen molar-refractivity contribution in [3.8, 4) is 11.5 Å². The highest BCUT2D eigenvalue weighted by Gasteiger charge is 2.07. The number of aliphatic imine (C=N–C) groups is 1. The number of nitrogens with two attached hydrogens (primary N) is 1. The van der Waals surface area contributed by atoms with E-state index >= 15 is 0 Å². The van der Waals surface area contributed by atoms with Gasteiger partial charge in [-0.3, -0.25) is 4.99 Å². The van der Waals surface area contributed by atoms with Crippen molar-refractivity contribution in [2.45, 2.75) is 39.5 Å². The Labute approximate surface area is 157 Å². The summed E-state index contributed by atoms with van der Waals surface area (Å²) in [4.78, 5) is 4.45. The number of ether oxygens (including phenoxy) is 2. The van der Waals surface area contributed by atoms with Crippen LogP contribution in [0.5, 0.6) is 11.5 Å². The molecule has 0 radical (unpaired) electrons. The molecule has 5 nitrogen and oxygen atoms in total. The predicted molar refractivity (Wildman–Crippen MR) is 108 cm³/mol. The van der Waals surface area contributed by atoms with E-state index in [0.717, 1.165) is 18.7 Å². The Morgan fingerprint density at radius 3 is 2.48 bits per heavy atom. The van der Waals surface area contributed by atoms with E-state index in [1.165, 1.54) is 19.3 Å². The summed E-state index contributed by atoms with van der Waals surface area (Å²) in [7, 11) is 3.22. The quantitative estimate of drug-likeness (QED) is 0.346. The van der Waals surface area contributed by atoms with Gasteiger partial charge in [0.25, 0.3) is 0 Å². The van der Waals surface area contributed by atoms with Crippen molar-refractivity contribution in [1.82, 2.24) is 0 Å². The maximum absolute atomic E-state index is 5.97. The molecule has 1 aromatic carbocycles. The number of hydrogen-bond acceptors (Lipinski definition) is 3. The topological polar surface area (TPSA) is 68.9 Å². The molecule has 1 rings (SSSR count). The number of hydrogen-bond donors (Lipinski definition) is 2. The fourth-order valence-electron chi connectivity index (χ4n) is 2.25. The lowest BCUT2D eigenvalue weighted by Crippen LogP contribution is -2.23. The molecular formula is C17H30IN3O2. The first kappa shape index (κ1) is 21.8. The Bertz CT molecular complexity index is 481. The number of nitrogens with one attached hydrogen (secondary N) is 1. The third kappa shape index (κ3) is 7.76. The van der Waals surface area contributed by atoms with Gasteiger partial charge in [0.2, 0.25) is 0 Å². The number of guanidine groups is 1. The molecule has 6 heteroatoms. The lowest BCUT2D eigenvalue weighted by atomic mass is 10.00. The van der Waals surface area contributed by atoms with Crippen LogP contribution in [0.2, 0.25) is 0 Å². The first-order valence-corrected chi connectivity index (χ1v) is 7.93. The highest BCUT2D eigenvalue weighted by Crippen LogP contribution is 2.29. The van der Waals surface area contributed by atoms with Crippen LogP contribution in [0, 0.1) is 5.92 Å². The van der Waals surface area contributed by atoms with E-state index in [4.69, 9.17) is 15.2 Å². The number of rotatable bonds is 9. The van der Waals surface area contributed by atoms with E-state index in [1.54, 1.807) is 14.2 Å². The molecular weight excluding hydrogens is 405 g/mol. The summed E-state index contributed by atoms with van der Waals surface area (Å²) >= 11 is 0. The van der Waals surface area contributed by atoms with Gasteiger partial charge in [0.05, 0.1) is 14.2 Å². The maximum Gasteiger partial charge on any atom is 0.193 e. The Morgan fingerprint density at radius 1 is 1.22 bits per heavy atom. The van der Waals surface area contributed by atoms with Gasteiger partial charge in [-0.25, -0.2) is 0 Å². The van der Waals surface area contributed by atoms with Crippen molar-refractivity contribution >= 4 is 35.6 Å². The van der Waals surface area contributed by atoms with Crippen LogP contribution in [0.15, 0.2) is 23.2 Å². The second-order valence-corrected chi connectivity index (χ2v) is 5.34. The van der Waals surface area contributed by atoms with Gasteiger partial charge in [-0.05, 0) is 24.5 Å². The Balaban J connectivity index is 0.00000484. The maximum atomic E-state index is 5.97. The Morgan fingerprint density at radius 2 is 1.91 bits per heavy atom. The van der Waals surface area contributed by atoms with Crippen molar-refractivity contribution in [2.75, 3.05) is 26.1 Å². The Kier molecular flexibility index (Phi) is 11.6. The molecule has 0 heterocycles. The monoisotopic (exact) mass is 435 g/mol. The minimum absolute atomic E-state index is 0. The molecule has 0 aliphatic carbocycles. The minimum Gasteiger partial charge on any atom is -0.493 e. The number of nitrogens with zero attached hydrogens (tertiary/aromatic N) is 1. The number of benzene rings is 1. The third-order valence-electron chi connectivity index (χ3n) is 3.72. The highest BCUT2D eigenvalue weighted by atomic mass is 127. The molecule has 132 valence electrons. The average Bonchev–Trinajstić information content (AvgIpc) is 2.54. The van der Waals surface area contributed by atoms with E-state index in [9.17, 15) is 0 Å². The predicted octanol–water partition coefficient (Wildman–Crippen LogP) is 4.26. The smallest absolute Gasteiger partial charge is 0.193 e. The fraction of sp³-hybridized carbons (Fsp3) is 0.588. The van der Waals surface area contributed by atoms with Crippen LogP contribution < -0.4 is 20.5 Å². The summed E-state index contributed by atoms with van der Waals surface area (Å²) in [6.07, 6.45) is 4.81. The van der Waals surface area contributed by atoms with Crippen molar-refractivity contribution in [2.24, 2.45) is 16.6 Å². The molecule has 0 aromatic heterocycles. The van der Waals surface area contributed by atoms with Crippen LogP contribution >= 0.6 is 24.0 Å². The Hall–Kier alpha value is -1.18. The molecule has 0 saturated carbocycles. The molecule has 0 aliphatic rings. The van der Waals surface area contributed by atoms with Crippen LogP contribution in [-0.2, 0) is 0 Å². The standard InChI is InChI=1S/C17H29N3O2.HI/c1-5-7-8-13(6-2)12-19-17(18)20-14-9-10-15(21-3)16(11-14)22-4;/h9-11,13H,5-8,12H2,1-4H3,(H3,18,19,20);1H. The summed E-state index contributed by atoms with van der Waals surface area (Å²) in [6, 6.07) is 5.57. The second-order valence-electron chi connectivity index (χ2n) is 5.34. The molecule has 0 saturated heterocycles. The van der Waals surface area contributed by atoms with E-state index in [-0.39, 0.29) is 24.0 Å². The largest absolute Gasteiger partial charge is 0.493 e. The van der Waals surface area contributed by atoms with Gasteiger partial charge in [-0.2, -0.15) is 0 Å². The molecule has 0 fully saturated rings. The number of anilines is 1. The van der Waals surface area contributed by atoms with E-state index < -0.39 is 0 Å². The minimum atomic E-state index is 0. The van der Waals surface area contributed by atoms with Crippen molar-refractivity contribution in [1.29, 1.82) is 0 Å². The highest BCUT2D eigenvalue weighted by molar-refractivity contribution is 14.0. The molecule has 0 bridgehead atoms. The molecule has 1 atom stereocenters. The average molecular weight is 435 g/mol. The molecule has 0 aliphatic heterocycles. The lowest BCUT2D eigenvalue weighted by Gasteiger charge is -2.13. The summed E-state index contributed by atoms with van der Waals surface area (Å²) < 4.78 is 10.5. The SMILES string of the molecule is CCCCC(CC)CN=C(N)Nc1ccc(OC)c(OC)c1.I. The number of methoxy groups -OCH3 is 2. The zero-order valence-corrected chi connectivity index (χ0v) is 16.9. The summed E-state index contributed by atoms with van der Waals surface area (Å²) in [5, 5.41) is 3.10. The number of unbranched alkanes of at least 4 members (excludes halogenated alkanes) is 1. The van der Waals surface area contributed by atoms with Crippen molar-refractivity contribution in [3.05, 3.63) is 18.2 Å². The van der Waals surface area contributed by atoms with Gasteiger partial charge in [0, 0.05) is 18.3 Å². The van der Waals surface area contributed by atoms with Gasteiger partial charge in [0.1, 0.15) is 0 Å². The van der Waals surface area contributed by atoms with Gasteiger partial charge in [-0.1, -0.05) is 33.1 Å². The van der Waals surface area contributed by atoms with Gasteiger partial charge >= 0.3 is 0 Å². The van der Waals surface area contributed by atoms with Crippen LogP contribution in [0.1, 0.15) is 39.5 Å². The van der Waals surface area contributed by atoms with Gasteiger partial charge in [0.15, 0.2) is 17.5 Å². The lowest BCUT2D eigenvalue weighted by molar-refractivity contribution is 0.355. The zero-order valence-electron chi connectivity index (χ0n) is 14.6. The van der Waals surface area contributed by atoms with E-state index in [2.05, 4.69) is 24.2 Å². The van der Waals surface area contributed by atoms with Gasteiger partial charge < -0.3 is 20.5 Å². The molecule has 3 N–H and O–H groups in total. The fourth-order valence-corrected chi connectivity index (χ4v) is 2.25. The van der Waals surface area contributed by atoms with Crippen LogP contribution in [0.25, 0.3) is 0 Å². The summed E-state index contributed by atoms with van der Waals surface area (Å²) in [6.45, 7) is 5.18. The number of halogens is 1. The molecule has 0 amide bonds. The van der Waals surface area contributed by atoms with Crippen LogP contribution in [0.4, 0.5) is 5.69 Å². The molecule has 1 aromatic rings. The first-order chi connectivity index (χ1) is 10.6. The summed E-state index contributed by atoms with van der Waals surface area (Å²) in [5.74, 6) is 2.39. The van der Waals surface area contributed by atoms with E-state index in [1.807, 2.05) is 18.2 Å². The van der Waals surface area contributed by atoms with Crippen molar-refractivity contribution in [3.63, 3.8) is 0 Å². The molecule has 0 spiro atoms. The van der Waals surface area contributed by atoms with Crippen molar-refractivity contribution < 1.29 is 9.47 Å². The van der Waals surface area contributed by atoms with Gasteiger partial charge in [-0.15, -0.1) is 24.0 Å². The normalized spacial score (nSPS) is 12.3. The zero-order chi connectivity index (χ0) is 16.4. The third-order valence-corrected chi connectivity index (χ3v) is 3.72. The van der Waals surface area contributed by atoms with Crippen LogP contribution in [-0.4, -0.2) is 26.7 Å². The van der Waals surface area contributed by atoms with E-state index in [0.29, 0.717) is 23.4 Å². The summed E-state index contributed by atoms with van der Waals surface area (Å²) in [5.41, 5.74) is 6.80. The van der Waals surface area contributed by atoms with Crippen LogP contribution in [0.3, 0.4) is 0 Å². The second kappa shape index (κ2) is 12.3. The molecule has 23 heavy (non-hydrogen) atoms.